The largest absolute Gasteiger partial charge is 0.368 e. The van der Waals surface area contributed by atoms with Gasteiger partial charge < -0.3 is 14.7 Å². The molecule has 2 amide bonds. The first-order valence-corrected chi connectivity index (χ1v) is 13.0. The average molecular weight is 492 g/mol. The van der Waals surface area contributed by atoms with Crippen LogP contribution in [0.2, 0.25) is 0 Å². The molecule has 1 saturated heterocycles. The van der Waals surface area contributed by atoms with E-state index in [1.54, 1.807) is 23.5 Å². The van der Waals surface area contributed by atoms with Crippen LogP contribution >= 0.6 is 11.3 Å². The van der Waals surface area contributed by atoms with E-state index in [-0.39, 0.29) is 29.6 Å². The van der Waals surface area contributed by atoms with Crippen LogP contribution in [0.1, 0.15) is 46.6 Å². The van der Waals surface area contributed by atoms with Gasteiger partial charge >= 0.3 is 0 Å². The second kappa shape index (κ2) is 9.82. The fourth-order valence-corrected chi connectivity index (χ4v) is 6.14. The number of thiophene rings is 1. The van der Waals surface area contributed by atoms with Crippen molar-refractivity contribution in [1.82, 2.24) is 9.80 Å². The second-order valence-corrected chi connectivity index (χ2v) is 10.6. The molecule has 3 aromatic rings. The highest BCUT2D eigenvalue weighted by Gasteiger charge is 2.46. The van der Waals surface area contributed by atoms with Crippen LogP contribution in [0.15, 0.2) is 66.0 Å². The van der Waals surface area contributed by atoms with Crippen LogP contribution in [-0.4, -0.2) is 54.3 Å². The Labute approximate surface area is 209 Å². The Kier molecular flexibility index (Phi) is 6.60. The van der Waals surface area contributed by atoms with Gasteiger partial charge in [0.15, 0.2) is 0 Å². The van der Waals surface area contributed by atoms with E-state index in [2.05, 4.69) is 18.7 Å². The maximum atomic E-state index is 14.2. The molecule has 5 nitrogen and oxygen atoms in total. The summed E-state index contributed by atoms with van der Waals surface area (Å²) in [5, 5.41) is 2.01. The molecule has 0 spiro atoms. The Morgan fingerprint density at radius 1 is 1.00 bits per heavy atom. The van der Waals surface area contributed by atoms with Gasteiger partial charge in [-0.3, -0.25) is 9.59 Å². The minimum absolute atomic E-state index is 0.00196. The number of fused-ring (bicyclic) bond motifs is 1. The van der Waals surface area contributed by atoms with E-state index < -0.39 is 5.92 Å². The summed E-state index contributed by atoms with van der Waals surface area (Å²) in [6.07, 6.45) is 0. The average Bonchev–Trinajstić information content (AvgIpc) is 3.40. The number of rotatable bonds is 5. The monoisotopic (exact) mass is 491 g/mol. The van der Waals surface area contributed by atoms with Gasteiger partial charge in [-0.25, -0.2) is 4.39 Å². The summed E-state index contributed by atoms with van der Waals surface area (Å²) < 4.78 is 13.3. The quantitative estimate of drug-likeness (QED) is 0.495. The number of piperazine rings is 1. The highest BCUT2D eigenvalue weighted by atomic mass is 32.1. The lowest BCUT2D eigenvalue weighted by molar-refractivity contribution is -0.135. The zero-order valence-electron chi connectivity index (χ0n) is 20.1. The number of carbonyl (C=O) groups excluding carboxylic acids is 2. The summed E-state index contributed by atoms with van der Waals surface area (Å²) >= 11 is 1.60. The Balaban J connectivity index is 1.46. The van der Waals surface area contributed by atoms with Crippen molar-refractivity contribution in [3.8, 4) is 0 Å². The molecule has 0 aliphatic carbocycles. The van der Waals surface area contributed by atoms with Crippen LogP contribution in [0.5, 0.6) is 0 Å². The fraction of sp³-hybridized carbons (Fsp3) is 0.357. The van der Waals surface area contributed by atoms with Gasteiger partial charge in [0.05, 0.1) is 12.0 Å². The molecule has 1 aromatic heterocycles. The second-order valence-electron chi connectivity index (χ2n) is 9.67. The Hall–Kier alpha value is -3.19. The summed E-state index contributed by atoms with van der Waals surface area (Å²) in [5.74, 6) is -0.354. The van der Waals surface area contributed by atoms with E-state index in [4.69, 9.17) is 0 Å². The molecule has 2 aromatic carbocycles. The molecule has 0 unspecified atom stereocenters. The lowest BCUT2D eigenvalue weighted by Gasteiger charge is -2.44. The zero-order valence-corrected chi connectivity index (χ0v) is 20.9. The van der Waals surface area contributed by atoms with Crippen molar-refractivity contribution in [2.45, 2.75) is 25.8 Å². The van der Waals surface area contributed by atoms with Crippen molar-refractivity contribution in [3.63, 3.8) is 0 Å². The number of anilines is 1. The van der Waals surface area contributed by atoms with Gasteiger partial charge in [0.1, 0.15) is 5.82 Å². The molecule has 2 aliphatic rings. The molecule has 0 saturated carbocycles. The van der Waals surface area contributed by atoms with E-state index in [0.29, 0.717) is 38.3 Å². The minimum atomic E-state index is -0.446. The van der Waals surface area contributed by atoms with Crippen LogP contribution in [-0.2, 0) is 4.79 Å². The normalized spacial score (nSPS) is 20.3. The third-order valence-corrected chi connectivity index (χ3v) is 7.83. The maximum Gasteiger partial charge on any atom is 0.254 e. The number of halogens is 1. The molecule has 0 bridgehead atoms. The molecule has 35 heavy (non-hydrogen) atoms. The van der Waals surface area contributed by atoms with Gasteiger partial charge in [-0.15, -0.1) is 11.3 Å². The van der Waals surface area contributed by atoms with E-state index in [1.807, 2.05) is 51.6 Å². The SMILES string of the molecule is CC(C)CN1C(=O)c2ccccc2[C@@H](C(=O)N2CCN(c3ccc(F)cc3)CC2)[C@H]1c1cccs1. The first-order chi connectivity index (χ1) is 16.9. The van der Waals surface area contributed by atoms with Crippen molar-refractivity contribution in [2.75, 3.05) is 37.6 Å². The number of benzene rings is 2. The highest BCUT2D eigenvalue weighted by molar-refractivity contribution is 7.10. The van der Waals surface area contributed by atoms with Gasteiger partial charge in [0.2, 0.25) is 5.91 Å². The molecule has 1 fully saturated rings. The predicted octanol–water partition coefficient (Wildman–Crippen LogP) is 5.17. The van der Waals surface area contributed by atoms with Gasteiger partial charge in [-0.2, -0.15) is 0 Å². The van der Waals surface area contributed by atoms with Crippen LogP contribution in [0.25, 0.3) is 0 Å². The lowest BCUT2D eigenvalue weighted by atomic mass is 9.80. The topological polar surface area (TPSA) is 43.9 Å². The first-order valence-electron chi connectivity index (χ1n) is 12.2. The van der Waals surface area contributed by atoms with Gasteiger partial charge in [-0.1, -0.05) is 38.1 Å². The number of amides is 2. The molecule has 3 heterocycles. The minimum Gasteiger partial charge on any atom is -0.368 e. The molecule has 0 radical (unpaired) electrons. The van der Waals surface area contributed by atoms with E-state index in [0.717, 1.165) is 16.1 Å². The van der Waals surface area contributed by atoms with Crippen molar-refractivity contribution < 1.29 is 14.0 Å². The summed E-state index contributed by atoms with van der Waals surface area (Å²) in [6, 6.07) is 17.8. The van der Waals surface area contributed by atoms with E-state index in [9.17, 15) is 14.0 Å². The van der Waals surface area contributed by atoms with Gasteiger partial charge in [0, 0.05) is 48.9 Å². The molecule has 7 heteroatoms. The van der Waals surface area contributed by atoms with Crippen LogP contribution in [0.3, 0.4) is 0 Å². The third-order valence-electron chi connectivity index (χ3n) is 6.88. The summed E-state index contributed by atoms with van der Waals surface area (Å²) in [4.78, 5) is 34.8. The zero-order chi connectivity index (χ0) is 24.5. The Morgan fingerprint density at radius 3 is 2.37 bits per heavy atom. The van der Waals surface area contributed by atoms with Crippen molar-refractivity contribution in [3.05, 3.63) is 87.9 Å². The molecule has 182 valence electrons. The first kappa shape index (κ1) is 23.5. The highest BCUT2D eigenvalue weighted by Crippen LogP contribution is 2.45. The lowest BCUT2D eigenvalue weighted by Crippen LogP contribution is -2.53. The maximum absolute atomic E-state index is 14.2. The molecule has 0 N–H and O–H groups in total. The Bertz CT molecular complexity index is 1190. The van der Waals surface area contributed by atoms with Gasteiger partial charge in [-0.05, 0) is 53.3 Å². The number of hydrogen-bond acceptors (Lipinski definition) is 4. The van der Waals surface area contributed by atoms with E-state index in [1.165, 1.54) is 12.1 Å². The molecule has 2 atom stereocenters. The van der Waals surface area contributed by atoms with Crippen molar-refractivity contribution in [2.24, 2.45) is 5.92 Å². The van der Waals surface area contributed by atoms with Crippen LogP contribution in [0.4, 0.5) is 10.1 Å². The smallest absolute Gasteiger partial charge is 0.254 e. The standard InChI is InChI=1S/C28H30FN3O2S/c1-19(2)18-32-26(24-8-5-17-35-24)25(22-6-3-4-7-23(22)27(32)33)28(34)31-15-13-30(14-16-31)21-11-9-20(29)10-12-21/h3-12,17,19,25-26H,13-16,18H2,1-2H3/t25-,26-/m1/s1. The summed E-state index contributed by atoms with van der Waals surface area (Å²) in [7, 11) is 0. The number of carbonyl (C=O) groups is 2. The van der Waals surface area contributed by atoms with Crippen LogP contribution in [0, 0.1) is 11.7 Å². The predicted molar refractivity (Wildman–Crippen MR) is 137 cm³/mol. The van der Waals surface area contributed by atoms with Crippen molar-refractivity contribution >= 4 is 28.8 Å². The third kappa shape index (κ3) is 4.57. The fourth-order valence-electron chi connectivity index (χ4n) is 5.26. The summed E-state index contributed by atoms with van der Waals surface area (Å²) in [5.41, 5.74) is 2.41. The van der Waals surface area contributed by atoms with Gasteiger partial charge in [0.25, 0.3) is 5.91 Å². The van der Waals surface area contributed by atoms with Crippen molar-refractivity contribution in [1.29, 1.82) is 0 Å². The Morgan fingerprint density at radius 2 is 1.71 bits per heavy atom. The van der Waals surface area contributed by atoms with Crippen LogP contribution < -0.4 is 4.90 Å². The molecular formula is C28H30FN3O2S. The number of nitrogens with zero attached hydrogens (tertiary/aromatic N) is 3. The number of hydrogen-bond donors (Lipinski definition) is 0. The molecular weight excluding hydrogens is 461 g/mol. The molecule has 2 aliphatic heterocycles. The summed E-state index contributed by atoms with van der Waals surface area (Å²) in [6.45, 7) is 7.34. The van der Waals surface area contributed by atoms with E-state index >= 15 is 0 Å². The molecule has 5 rings (SSSR count).